The van der Waals surface area contributed by atoms with E-state index in [1.807, 2.05) is 4.57 Å². The number of benzene rings is 1. The van der Waals surface area contributed by atoms with Gasteiger partial charge in [-0.2, -0.15) is 0 Å². The summed E-state index contributed by atoms with van der Waals surface area (Å²) in [7, 11) is -3.50. The number of anilines is 1. The number of hydrogen-bond acceptors (Lipinski definition) is 8. The van der Waals surface area contributed by atoms with Crippen LogP contribution in [0.5, 0.6) is 0 Å². The minimum absolute atomic E-state index is 0.0729. The number of aryl methyl sites for hydroxylation is 1. The second-order valence-corrected chi connectivity index (χ2v) is 10.6. The Kier molecular flexibility index (Phi) is 5.54. The van der Waals surface area contributed by atoms with Gasteiger partial charge in [-0.15, -0.1) is 0 Å². The number of aliphatic hydroxyl groups excluding tert-OH is 1. The molecule has 0 amide bonds. The predicted octanol–water partition coefficient (Wildman–Crippen LogP) is 2.45. The zero-order valence-electron chi connectivity index (χ0n) is 18.8. The summed E-state index contributed by atoms with van der Waals surface area (Å²) in [5.41, 5.74) is 2.85. The second-order valence-electron chi connectivity index (χ2n) is 8.61. The summed E-state index contributed by atoms with van der Waals surface area (Å²) in [6, 6.07) is 3.13. The van der Waals surface area contributed by atoms with Crippen LogP contribution >= 0.6 is 0 Å². The molecule has 170 valence electrons. The van der Waals surface area contributed by atoms with Crippen LogP contribution in [-0.4, -0.2) is 51.6 Å². The molecule has 1 aliphatic rings. The van der Waals surface area contributed by atoms with Crippen molar-refractivity contribution in [1.29, 1.82) is 0 Å². The monoisotopic (exact) mass is 457 g/mol. The maximum atomic E-state index is 12.3. The first-order valence-electron chi connectivity index (χ1n) is 10.5. The van der Waals surface area contributed by atoms with E-state index < -0.39 is 9.84 Å². The number of aliphatic hydroxyl groups is 1. The highest BCUT2D eigenvalue weighted by molar-refractivity contribution is 7.90. The molecule has 3 aromatic rings. The van der Waals surface area contributed by atoms with Gasteiger partial charge in [0.2, 0.25) is 5.95 Å². The molecular weight excluding hydrogens is 430 g/mol. The standard InChI is InChI=1S/C22H27N5O4S/c1-12(2)20-21-25-17-8-15(11-28)19(32(5,30)31)9-18(17)26(21)6-7-27(20)22-23-10-16(14(4)29)13(3)24-22/h8-10,12,20,28H,6-7,11H2,1-5H3/t20-/m0/s1. The number of fused-ring (bicyclic) bond motifs is 3. The van der Waals surface area contributed by atoms with Gasteiger partial charge in [-0.1, -0.05) is 13.8 Å². The van der Waals surface area contributed by atoms with Crippen molar-refractivity contribution in [2.75, 3.05) is 17.7 Å². The number of nitrogens with zero attached hydrogens (tertiary/aromatic N) is 5. The zero-order valence-corrected chi connectivity index (χ0v) is 19.6. The Morgan fingerprint density at radius 2 is 1.97 bits per heavy atom. The number of sulfone groups is 1. The lowest BCUT2D eigenvalue weighted by Crippen LogP contribution is -2.42. The molecule has 3 heterocycles. The van der Waals surface area contributed by atoms with Crippen LogP contribution in [0, 0.1) is 12.8 Å². The van der Waals surface area contributed by atoms with Gasteiger partial charge in [-0.05, 0) is 37.5 Å². The highest BCUT2D eigenvalue weighted by Gasteiger charge is 2.35. The zero-order chi connectivity index (χ0) is 23.4. The number of hydrogen-bond donors (Lipinski definition) is 1. The fourth-order valence-electron chi connectivity index (χ4n) is 4.45. The third-order valence-electron chi connectivity index (χ3n) is 5.93. The smallest absolute Gasteiger partial charge is 0.226 e. The van der Waals surface area contributed by atoms with E-state index in [2.05, 4.69) is 28.7 Å². The summed E-state index contributed by atoms with van der Waals surface area (Å²) in [4.78, 5) is 27.9. The van der Waals surface area contributed by atoms with Crippen LogP contribution in [0.4, 0.5) is 5.95 Å². The Hall–Kier alpha value is -2.85. The fourth-order valence-corrected chi connectivity index (χ4v) is 5.38. The van der Waals surface area contributed by atoms with Crippen LogP contribution in [0.15, 0.2) is 23.2 Å². The third kappa shape index (κ3) is 3.67. The number of aromatic nitrogens is 4. The highest BCUT2D eigenvalue weighted by atomic mass is 32.2. The van der Waals surface area contributed by atoms with E-state index >= 15 is 0 Å². The Balaban J connectivity index is 1.86. The lowest BCUT2D eigenvalue weighted by atomic mass is 10.00. The summed E-state index contributed by atoms with van der Waals surface area (Å²) in [6.07, 6.45) is 2.71. The number of carbonyl (C=O) groups is 1. The van der Waals surface area contributed by atoms with Gasteiger partial charge >= 0.3 is 0 Å². The fraction of sp³-hybridized carbons (Fsp3) is 0.455. The summed E-state index contributed by atoms with van der Waals surface area (Å²) >= 11 is 0. The first kappa shape index (κ1) is 22.3. The van der Waals surface area contributed by atoms with Crippen molar-refractivity contribution in [3.63, 3.8) is 0 Å². The van der Waals surface area contributed by atoms with Crippen molar-refractivity contribution in [1.82, 2.24) is 19.5 Å². The van der Waals surface area contributed by atoms with Gasteiger partial charge in [0, 0.05) is 25.5 Å². The lowest BCUT2D eigenvalue weighted by Gasteiger charge is -2.38. The maximum absolute atomic E-state index is 12.3. The van der Waals surface area contributed by atoms with Crippen LogP contribution in [0.3, 0.4) is 0 Å². The molecule has 1 atom stereocenters. The van der Waals surface area contributed by atoms with E-state index in [4.69, 9.17) is 4.98 Å². The van der Waals surface area contributed by atoms with Crippen molar-refractivity contribution in [3.8, 4) is 0 Å². The van der Waals surface area contributed by atoms with E-state index in [-0.39, 0.29) is 29.2 Å². The van der Waals surface area contributed by atoms with Crippen LogP contribution in [0.25, 0.3) is 11.0 Å². The number of carbonyl (C=O) groups excluding carboxylic acids is 1. The first-order chi connectivity index (χ1) is 15.0. The molecule has 0 unspecified atom stereocenters. The van der Waals surface area contributed by atoms with Crippen molar-refractivity contribution in [2.45, 2.75) is 51.8 Å². The van der Waals surface area contributed by atoms with Gasteiger partial charge in [0.15, 0.2) is 15.6 Å². The summed E-state index contributed by atoms with van der Waals surface area (Å²) in [6.45, 7) is 8.28. The Bertz CT molecular complexity index is 1330. The third-order valence-corrected chi connectivity index (χ3v) is 7.11. The van der Waals surface area contributed by atoms with Crippen molar-refractivity contribution in [2.24, 2.45) is 5.92 Å². The average Bonchev–Trinajstić information content (AvgIpc) is 3.08. The quantitative estimate of drug-likeness (QED) is 0.581. The number of ketones is 1. The van der Waals surface area contributed by atoms with E-state index in [1.54, 1.807) is 25.3 Å². The molecule has 1 aliphatic heterocycles. The SMILES string of the molecule is CC(=O)c1cnc(N2CCn3c(nc4cc(CO)c(S(C)(=O)=O)cc43)[C@@H]2C(C)C)nc1C. The first-order valence-corrected chi connectivity index (χ1v) is 12.4. The number of Topliss-reactive ketones (excluding diaryl/α,β-unsaturated/α-hetero) is 1. The molecule has 0 spiro atoms. The van der Waals surface area contributed by atoms with Gasteiger partial charge in [-0.3, -0.25) is 4.79 Å². The molecule has 32 heavy (non-hydrogen) atoms. The molecule has 10 heteroatoms. The number of imidazole rings is 1. The summed E-state index contributed by atoms with van der Waals surface area (Å²) < 4.78 is 26.6. The molecule has 0 bridgehead atoms. The maximum Gasteiger partial charge on any atom is 0.226 e. The molecule has 0 aliphatic carbocycles. The predicted molar refractivity (Wildman–Crippen MR) is 120 cm³/mol. The Labute approximate surface area is 187 Å². The minimum Gasteiger partial charge on any atom is -0.392 e. The second kappa shape index (κ2) is 7.93. The van der Waals surface area contributed by atoms with Gasteiger partial charge in [0.05, 0.1) is 39.8 Å². The molecule has 1 aromatic carbocycles. The largest absolute Gasteiger partial charge is 0.392 e. The minimum atomic E-state index is -3.50. The molecule has 2 aromatic heterocycles. The molecule has 0 saturated carbocycles. The van der Waals surface area contributed by atoms with Crippen LogP contribution < -0.4 is 4.90 Å². The van der Waals surface area contributed by atoms with Crippen molar-refractivity contribution >= 4 is 32.6 Å². The molecule has 4 rings (SSSR count). The van der Waals surface area contributed by atoms with Gasteiger partial charge in [-0.25, -0.2) is 23.4 Å². The normalized spacial score (nSPS) is 16.6. The van der Waals surface area contributed by atoms with Gasteiger partial charge in [0.25, 0.3) is 0 Å². The highest BCUT2D eigenvalue weighted by Crippen LogP contribution is 2.37. The van der Waals surface area contributed by atoms with E-state index in [1.165, 1.54) is 6.92 Å². The molecule has 1 N–H and O–H groups in total. The van der Waals surface area contributed by atoms with Crippen molar-refractivity contribution in [3.05, 3.63) is 41.0 Å². The number of rotatable bonds is 5. The van der Waals surface area contributed by atoms with Crippen LogP contribution in [-0.2, 0) is 23.0 Å². The average molecular weight is 458 g/mol. The summed E-state index contributed by atoms with van der Waals surface area (Å²) in [5.74, 6) is 1.43. The topological polar surface area (TPSA) is 118 Å². The Morgan fingerprint density at radius 3 is 2.53 bits per heavy atom. The van der Waals surface area contributed by atoms with Gasteiger partial charge < -0.3 is 14.6 Å². The Morgan fingerprint density at radius 1 is 1.25 bits per heavy atom. The van der Waals surface area contributed by atoms with E-state index in [9.17, 15) is 18.3 Å². The van der Waals surface area contributed by atoms with Crippen LogP contribution in [0.2, 0.25) is 0 Å². The molecule has 9 nitrogen and oxygen atoms in total. The van der Waals surface area contributed by atoms with Crippen LogP contribution in [0.1, 0.15) is 54.3 Å². The van der Waals surface area contributed by atoms with Crippen molar-refractivity contribution < 1.29 is 18.3 Å². The molecule has 0 fully saturated rings. The molecule has 0 saturated heterocycles. The lowest BCUT2D eigenvalue weighted by molar-refractivity contribution is 0.101. The summed E-state index contributed by atoms with van der Waals surface area (Å²) in [5, 5.41) is 9.71. The van der Waals surface area contributed by atoms with Gasteiger partial charge in [0.1, 0.15) is 5.82 Å². The molecular formula is C22H27N5O4S. The van der Waals surface area contributed by atoms with E-state index in [0.717, 1.165) is 17.6 Å². The van der Waals surface area contributed by atoms with E-state index in [0.29, 0.717) is 41.4 Å². The molecule has 0 radical (unpaired) electrons.